The van der Waals surface area contributed by atoms with Crippen LogP contribution in [0.4, 0.5) is 0 Å². The lowest BCUT2D eigenvalue weighted by Gasteiger charge is -2.32. The topological polar surface area (TPSA) is 41.6 Å². The van der Waals surface area contributed by atoms with Gasteiger partial charge in [-0.2, -0.15) is 0 Å². The average molecular weight is 284 g/mol. The zero-order chi connectivity index (χ0) is 14.3. The first-order valence-electron chi connectivity index (χ1n) is 6.57. The molecule has 1 rings (SSSR count). The highest BCUT2D eigenvalue weighted by atomic mass is 32.1. The first kappa shape index (κ1) is 16.1. The molecule has 5 heteroatoms. The van der Waals surface area contributed by atoms with Crippen molar-refractivity contribution in [3.8, 4) is 0 Å². The molecule has 0 radical (unpaired) electrons. The first-order chi connectivity index (χ1) is 9.01. The van der Waals surface area contributed by atoms with Gasteiger partial charge in [0.25, 0.3) is 0 Å². The fraction of sp³-hybridized carbons (Fsp3) is 0.643. The van der Waals surface area contributed by atoms with E-state index in [1.54, 1.807) is 18.4 Å². The largest absolute Gasteiger partial charge is 0.383 e. The SMILES string of the molecule is CCNC(C)(C)C(=O)N(CCOC)Cc1cccs1. The summed E-state index contributed by atoms with van der Waals surface area (Å²) in [6, 6.07) is 4.06. The van der Waals surface area contributed by atoms with Gasteiger partial charge in [-0.1, -0.05) is 13.0 Å². The Bertz CT molecular complexity index is 377. The molecule has 0 fully saturated rings. The molecule has 19 heavy (non-hydrogen) atoms. The van der Waals surface area contributed by atoms with Gasteiger partial charge in [0.1, 0.15) is 0 Å². The van der Waals surface area contributed by atoms with E-state index in [2.05, 4.69) is 11.4 Å². The van der Waals surface area contributed by atoms with Crippen LogP contribution < -0.4 is 5.32 Å². The normalized spacial score (nSPS) is 11.6. The van der Waals surface area contributed by atoms with E-state index in [4.69, 9.17) is 4.74 Å². The second kappa shape index (κ2) is 7.62. The summed E-state index contributed by atoms with van der Waals surface area (Å²) in [5, 5.41) is 5.26. The van der Waals surface area contributed by atoms with Crippen molar-refractivity contribution in [3.63, 3.8) is 0 Å². The number of methoxy groups -OCH3 is 1. The number of likely N-dealkylation sites (N-methyl/N-ethyl adjacent to an activating group) is 1. The minimum Gasteiger partial charge on any atom is -0.383 e. The number of carbonyl (C=O) groups excluding carboxylic acids is 1. The third kappa shape index (κ3) is 4.93. The lowest BCUT2D eigenvalue weighted by Crippen LogP contribution is -2.54. The molecule has 0 saturated carbocycles. The standard InChI is InChI=1S/C14H24N2O2S/c1-5-15-14(2,3)13(17)16(8-9-18-4)11-12-7-6-10-19-12/h6-7,10,15H,5,8-9,11H2,1-4H3. The van der Waals surface area contributed by atoms with Gasteiger partial charge in [0.15, 0.2) is 0 Å². The van der Waals surface area contributed by atoms with Gasteiger partial charge in [-0.25, -0.2) is 0 Å². The molecule has 0 atom stereocenters. The predicted molar refractivity (Wildman–Crippen MR) is 79.4 cm³/mol. The molecule has 0 saturated heterocycles. The van der Waals surface area contributed by atoms with Crippen LogP contribution in [0.15, 0.2) is 17.5 Å². The molecule has 0 aliphatic carbocycles. The Balaban J connectivity index is 2.74. The van der Waals surface area contributed by atoms with Crippen molar-refractivity contribution in [3.05, 3.63) is 22.4 Å². The van der Waals surface area contributed by atoms with Gasteiger partial charge in [-0.15, -0.1) is 11.3 Å². The maximum absolute atomic E-state index is 12.6. The smallest absolute Gasteiger partial charge is 0.242 e. The number of ether oxygens (including phenoxy) is 1. The van der Waals surface area contributed by atoms with E-state index in [-0.39, 0.29) is 5.91 Å². The van der Waals surface area contributed by atoms with Crippen LogP contribution in [-0.2, 0) is 16.1 Å². The van der Waals surface area contributed by atoms with E-state index in [1.807, 2.05) is 37.1 Å². The summed E-state index contributed by atoms with van der Waals surface area (Å²) in [5.74, 6) is 0.111. The van der Waals surface area contributed by atoms with Gasteiger partial charge in [0.05, 0.1) is 18.7 Å². The molecule has 1 aromatic rings. The third-order valence-corrected chi connectivity index (χ3v) is 3.79. The van der Waals surface area contributed by atoms with Gasteiger partial charge in [0, 0.05) is 18.5 Å². The molecule has 0 bridgehead atoms. The molecule has 0 aromatic carbocycles. The van der Waals surface area contributed by atoms with Crippen molar-refractivity contribution in [2.24, 2.45) is 0 Å². The number of nitrogens with one attached hydrogen (secondary N) is 1. The van der Waals surface area contributed by atoms with Crippen molar-refractivity contribution in [2.75, 3.05) is 26.8 Å². The third-order valence-electron chi connectivity index (χ3n) is 2.93. The molecule has 108 valence electrons. The summed E-state index contributed by atoms with van der Waals surface area (Å²) in [6.45, 7) is 8.44. The molecule has 1 N–H and O–H groups in total. The Kier molecular flexibility index (Phi) is 6.48. The van der Waals surface area contributed by atoms with Crippen LogP contribution in [0.25, 0.3) is 0 Å². The highest BCUT2D eigenvalue weighted by Crippen LogP contribution is 2.15. The molecule has 0 aliphatic heterocycles. The number of amides is 1. The molecular formula is C14H24N2O2S. The average Bonchev–Trinajstić information content (AvgIpc) is 2.86. The van der Waals surface area contributed by atoms with Gasteiger partial charge >= 0.3 is 0 Å². The fourth-order valence-electron chi connectivity index (χ4n) is 1.96. The van der Waals surface area contributed by atoms with Crippen LogP contribution in [0.1, 0.15) is 25.6 Å². The quantitative estimate of drug-likeness (QED) is 0.795. The molecule has 1 heterocycles. The molecule has 1 aromatic heterocycles. The Hall–Kier alpha value is -0.910. The minimum absolute atomic E-state index is 0.111. The monoisotopic (exact) mass is 284 g/mol. The van der Waals surface area contributed by atoms with Crippen LogP contribution in [0.3, 0.4) is 0 Å². The van der Waals surface area contributed by atoms with Crippen LogP contribution in [0.2, 0.25) is 0 Å². The second-order valence-corrected chi connectivity index (χ2v) is 5.99. The van der Waals surface area contributed by atoms with E-state index in [0.29, 0.717) is 19.7 Å². The van der Waals surface area contributed by atoms with E-state index in [9.17, 15) is 4.79 Å². The van der Waals surface area contributed by atoms with E-state index in [1.165, 1.54) is 4.88 Å². The number of thiophene rings is 1. The lowest BCUT2D eigenvalue weighted by molar-refractivity contribution is -0.138. The van der Waals surface area contributed by atoms with Crippen LogP contribution >= 0.6 is 11.3 Å². The Labute approximate surface area is 119 Å². The number of nitrogens with zero attached hydrogens (tertiary/aromatic N) is 1. The number of carbonyl (C=O) groups is 1. The summed E-state index contributed by atoms with van der Waals surface area (Å²) in [4.78, 5) is 15.7. The number of hydrogen-bond donors (Lipinski definition) is 1. The Morgan fingerprint density at radius 1 is 1.53 bits per heavy atom. The molecule has 1 amide bonds. The number of rotatable bonds is 8. The van der Waals surface area contributed by atoms with E-state index < -0.39 is 5.54 Å². The van der Waals surface area contributed by atoms with Crippen LogP contribution in [0, 0.1) is 0 Å². The van der Waals surface area contributed by atoms with Crippen LogP contribution in [-0.4, -0.2) is 43.2 Å². The summed E-state index contributed by atoms with van der Waals surface area (Å²) in [7, 11) is 1.66. The first-order valence-corrected chi connectivity index (χ1v) is 7.45. The second-order valence-electron chi connectivity index (χ2n) is 4.95. The lowest BCUT2D eigenvalue weighted by atomic mass is 10.0. The van der Waals surface area contributed by atoms with Gasteiger partial charge in [-0.05, 0) is 31.8 Å². The minimum atomic E-state index is -0.542. The maximum Gasteiger partial charge on any atom is 0.242 e. The van der Waals surface area contributed by atoms with Crippen molar-refractivity contribution in [2.45, 2.75) is 32.9 Å². The summed E-state index contributed by atoms with van der Waals surface area (Å²) < 4.78 is 5.10. The van der Waals surface area contributed by atoms with Crippen molar-refractivity contribution < 1.29 is 9.53 Å². The molecule has 0 aliphatic rings. The van der Waals surface area contributed by atoms with Gasteiger partial charge in [0.2, 0.25) is 5.91 Å². The van der Waals surface area contributed by atoms with E-state index in [0.717, 1.165) is 6.54 Å². The molecule has 0 spiro atoms. The highest BCUT2D eigenvalue weighted by Gasteiger charge is 2.31. The highest BCUT2D eigenvalue weighted by molar-refractivity contribution is 7.09. The molecule has 4 nitrogen and oxygen atoms in total. The predicted octanol–water partition coefficient (Wildman–Crippen LogP) is 2.11. The molecule has 0 unspecified atom stereocenters. The van der Waals surface area contributed by atoms with Crippen LogP contribution in [0.5, 0.6) is 0 Å². The zero-order valence-corrected chi connectivity index (χ0v) is 13.0. The Morgan fingerprint density at radius 3 is 2.79 bits per heavy atom. The van der Waals surface area contributed by atoms with Gasteiger partial charge < -0.3 is 15.0 Å². The fourth-order valence-corrected chi connectivity index (χ4v) is 2.68. The molecular weight excluding hydrogens is 260 g/mol. The Morgan fingerprint density at radius 2 is 2.26 bits per heavy atom. The maximum atomic E-state index is 12.6. The van der Waals surface area contributed by atoms with E-state index >= 15 is 0 Å². The summed E-state index contributed by atoms with van der Waals surface area (Å²) in [5.41, 5.74) is -0.542. The van der Waals surface area contributed by atoms with Crippen molar-refractivity contribution in [1.29, 1.82) is 0 Å². The summed E-state index contributed by atoms with van der Waals surface area (Å²) >= 11 is 1.67. The van der Waals surface area contributed by atoms with Crippen molar-refractivity contribution in [1.82, 2.24) is 10.2 Å². The summed E-state index contributed by atoms with van der Waals surface area (Å²) in [6.07, 6.45) is 0. The zero-order valence-electron chi connectivity index (χ0n) is 12.2. The van der Waals surface area contributed by atoms with Gasteiger partial charge in [-0.3, -0.25) is 4.79 Å². The van der Waals surface area contributed by atoms with Crippen molar-refractivity contribution >= 4 is 17.2 Å². The number of hydrogen-bond acceptors (Lipinski definition) is 4.